The van der Waals surface area contributed by atoms with Gasteiger partial charge in [0.2, 0.25) is 0 Å². The number of carbonyl (C=O) groups is 1. The van der Waals surface area contributed by atoms with Crippen molar-refractivity contribution < 1.29 is 25.9 Å². The summed E-state index contributed by atoms with van der Waals surface area (Å²) in [6.07, 6.45) is -1.17. The first-order chi connectivity index (χ1) is 6.43. The fourth-order valence-electron chi connectivity index (χ4n) is 0.294. The summed E-state index contributed by atoms with van der Waals surface area (Å²) < 4.78 is 8.83. The van der Waals surface area contributed by atoms with E-state index in [2.05, 4.69) is 9.47 Å². The van der Waals surface area contributed by atoms with Crippen LogP contribution >= 0.6 is 0 Å². The van der Waals surface area contributed by atoms with Gasteiger partial charge in [0.15, 0.2) is 0 Å². The molecule has 0 aromatic carbocycles. The first-order valence-electron chi connectivity index (χ1n) is 4.43. The van der Waals surface area contributed by atoms with Crippen molar-refractivity contribution in [2.24, 2.45) is 5.92 Å². The molecule has 2 N–H and O–H groups in total. The van der Waals surface area contributed by atoms with E-state index >= 15 is 0 Å². The zero-order valence-electron chi connectivity index (χ0n) is 9.19. The molecule has 14 heavy (non-hydrogen) atoms. The van der Waals surface area contributed by atoms with Crippen molar-refractivity contribution in [3.05, 3.63) is 0 Å². The summed E-state index contributed by atoms with van der Waals surface area (Å²) in [5.74, 6) is 0.365. The third-order valence-electron chi connectivity index (χ3n) is 0.965. The highest BCUT2D eigenvalue weighted by atomic mass is 16.7. The lowest BCUT2D eigenvalue weighted by atomic mass is 10.2. The Hall–Kier alpha value is -0.810. The highest BCUT2D eigenvalue weighted by Crippen LogP contribution is 1.93. The average molecular weight is 210 g/mol. The molecule has 0 aromatic rings. The Labute approximate surface area is 86.1 Å². The maximum absolute atomic E-state index is 10.3. The molecule has 0 aliphatic heterocycles. The fourth-order valence-corrected chi connectivity index (χ4v) is 0.294. The molecule has 0 amide bonds. The number of rotatable bonds is 3. The molecule has 0 aromatic heterocycles. The molecule has 0 aliphatic rings. The lowest BCUT2D eigenvalue weighted by Gasteiger charge is -2.03. The zero-order chi connectivity index (χ0) is 11.6. The zero-order valence-corrected chi connectivity index (χ0v) is 9.19. The van der Waals surface area contributed by atoms with Crippen LogP contribution in [0.3, 0.4) is 0 Å². The SMILES string of the molecule is CC(O)CO.COC(=O)OCC(C)C.[HH]. The van der Waals surface area contributed by atoms with Crippen molar-refractivity contribution in [3.63, 3.8) is 0 Å². The van der Waals surface area contributed by atoms with E-state index in [1.165, 1.54) is 14.0 Å². The van der Waals surface area contributed by atoms with Gasteiger partial charge in [-0.3, -0.25) is 0 Å². The molecule has 0 bridgehead atoms. The van der Waals surface area contributed by atoms with Crippen LogP contribution in [0.5, 0.6) is 0 Å². The molecule has 5 nitrogen and oxygen atoms in total. The van der Waals surface area contributed by atoms with E-state index in [1.54, 1.807) is 0 Å². The fraction of sp³-hybridized carbons (Fsp3) is 0.889. The van der Waals surface area contributed by atoms with Gasteiger partial charge in [0.05, 0.1) is 26.4 Å². The second kappa shape index (κ2) is 10.3. The molecule has 0 radical (unpaired) electrons. The minimum Gasteiger partial charge on any atom is -0.438 e. The number of methoxy groups -OCH3 is 1. The summed E-state index contributed by atoms with van der Waals surface area (Å²) in [7, 11) is 1.29. The van der Waals surface area contributed by atoms with Gasteiger partial charge in [0.1, 0.15) is 0 Å². The molecule has 88 valence electrons. The van der Waals surface area contributed by atoms with Gasteiger partial charge >= 0.3 is 6.16 Å². The Balaban J connectivity index is -0.000000208. The highest BCUT2D eigenvalue weighted by molar-refractivity contribution is 5.59. The van der Waals surface area contributed by atoms with E-state index < -0.39 is 12.3 Å². The Morgan fingerprint density at radius 2 is 1.86 bits per heavy atom. The molecule has 1 unspecified atom stereocenters. The van der Waals surface area contributed by atoms with Crippen molar-refractivity contribution in [1.29, 1.82) is 0 Å². The Morgan fingerprint density at radius 3 is 2.07 bits per heavy atom. The van der Waals surface area contributed by atoms with Crippen LogP contribution in [0.15, 0.2) is 0 Å². The first-order valence-corrected chi connectivity index (χ1v) is 4.43. The number of ether oxygens (including phenoxy) is 2. The normalized spacial score (nSPS) is 11.4. The minimum atomic E-state index is -0.608. The molecular formula is C9H22O5. The molecule has 0 saturated carbocycles. The number of aliphatic hydroxyl groups excluding tert-OH is 2. The highest BCUT2D eigenvalue weighted by Gasteiger charge is 2.00. The molecule has 5 heteroatoms. The standard InChI is InChI=1S/C6H12O3.C3H8O2.H2/c1-5(2)4-9-6(7)8-3;1-3(5)2-4;/h5H,4H2,1-3H3;3-5H,2H2,1H3;1H. The third kappa shape index (κ3) is 17.3. The van der Waals surface area contributed by atoms with Crippen LogP contribution < -0.4 is 0 Å². The monoisotopic (exact) mass is 210 g/mol. The predicted octanol–water partition coefficient (Wildman–Crippen LogP) is 1.03. The van der Waals surface area contributed by atoms with Gasteiger partial charge in [0.25, 0.3) is 0 Å². The summed E-state index contributed by atoms with van der Waals surface area (Å²) in [4.78, 5) is 10.3. The van der Waals surface area contributed by atoms with Gasteiger partial charge in [-0.1, -0.05) is 13.8 Å². The maximum Gasteiger partial charge on any atom is 0.507 e. The summed E-state index contributed by atoms with van der Waals surface area (Å²) >= 11 is 0. The summed E-state index contributed by atoms with van der Waals surface area (Å²) in [6, 6.07) is 0. The van der Waals surface area contributed by atoms with Crippen molar-refractivity contribution in [2.75, 3.05) is 20.3 Å². The largest absolute Gasteiger partial charge is 0.507 e. The van der Waals surface area contributed by atoms with Crippen molar-refractivity contribution in [3.8, 4) is 0 Å². The van der Waals surface area contributed by atoms with Crippen LogP contribution in [0.25, 0.3) is 0 Å². The molecular weight excluding hydrogens is 188 g/mol. The quantitative estimate of drug-likeness (QED) is 0.680. The lowest BCUT2D eigenvalue weighted by Crippen LogP contribution is -2.09. The van der Waals surface area contributed by atoms with Crippen molar-refractivity contribution >= 4 is 6.16 Å². The van der Waals surface area contributed by atoms with Gasteiger partial charge in [-0.25, -0.2) is 4.79 Å². The van der Waals surface area contributed by atoms with Crippen LogP contribution in [0, 0.1) is 5.92 Å². The van der Waals surface area contributed by atoms with Gasteiger partial charge < -0.3 is 19.7 Å². The Bertz CT molecular complexity index is 138. The molecule has 0 aliphatic carbocycles. The molecule has 0 fully saturated rings. The van der Waals surface area contributed by atoms with E-state index in [9.17, 15) is 4.79 Å². The number of aliphatic hydroxyl groups is 2. The van der Waals surface area contributed by atoms with Crippen LogP contribution in [0.4, 0.5) is 4.79 Å². The third-order valence-corrected chi connectivity index (χ3v) is 0.965. The topological polar surface area (TPSA) is 76.0 Å². The number of hydrogen-bond donors (Lipinski definition) is 2. The van der Waals surface area contributed by atoms with E-state index in [0.29, 0.717) is 12.5 Å². The molecule has 0 spiro atoms. The second-order valence-electron chi connectivity index (χ2n) is 3.19. The van der Waals surface area contributed by atoms with Crippen LogP contribution in [0.1, 0.15) is 22.2 Å². The lowest BCUT2D eigenvalue weighted by molar-refractivity contribution is 0.0638. The molecule has 0 saturated heterocycles. The van der Waals surface area contributed by atoms with Crippen LogP contribution in [-0.4, -0.2) is 42.8 Å². The number of hydrogen-bond acceptors (Lipinski definition) is 5. The molecule has 1 atom stereocenters. The second-order valence-corrected chi connectivity index (χ2v) is 3.19. The van der Waals surface area contributed by atoms with E-state index in [-0.39, 0.29) is 8.03 Å². The van der Waals surface area contributed by atoms with Gasteiger partial charge in [-0.05, 0) is 12.8 Å². The maximum atomic E-state index is 10.3. The van der Waals surface area contributed by atoms with Crippen LogP contribution in [-0.2, 0) is 9.47 Å². The smallest absolute Gasteiger partial charge is 0.438 e. The van der Waals surface area contributed by atoms with Crippen LogP contribution in [0.2, 0.25) is 0 Å². The first kappa shape index (κ1) is 15.7. The van der Waals surface area contributed by atoms with E-state index in [4.69, 9.17) is 10.2 Å². The van der Waals surface area contributed by atoms with Crippen molar-refractivity contribution in [2.45, 2.75) is 26.9 Å². The van der Waals surface area contributed by atoms with Crippen molar-refractivity contribution in [1.82, 2.24) is 0 Å². The predicted molar refractivity (Wildman–Crippen MR) is 54.1 cm³/mol. The van der Waals surface area contributed by atoms with Gasteiger partial charge in [-0.15, -0.1) is 0 Å². The minimum absolute atomic E-state index is 0. The van der Waals surface area contributed by atoms with Gasteiger partial charge in [-0.2, -0.15) is 0 Å². The molecule has 0 heterocycles. The summed E-state index contributed by atoms with van der Waals surface area (Å²) in [5, 5.41) is 16.0. The van der Waals surface area contributed by atoms with E-state index in [0.717, 1.165) is 0 Å². The summed E-state index contributed by atoms with van der Waals surface area (Å²) in [6.45, 7) is 5.73. The Morgan fingerprint density at radius 1 is 1.43 bits per heavy atom. The molecule has 0 rings (SSSR count). The van der Waals surface area contributed by atoms with E-state index in [1.807, 2.05) is 13.8 Å². The Kier molecular flexibility index (Phi) is 11.5. The van der Waals surface area contributed by atoms with Gasteiger partial charge in [0, 0.05) is 1.43 Å². The summed E-state index contributed by atoms with van der Waals surface area (Å²) in [5.41, 5.74) is 0. The average Bonchev–Trinajstić information content (AvgIpc) is 2.14. The number of carbonyl (C=O) groups excluding carboxylic acids is 1.